The molecule has 0 radical (unpaired) electrons. The molecule has 0 aliphatic rings. The molecule has 0 aliphatic heterocycles. The van der Waals surface area contributed by atoms with Gasteiger partial charge in [0, 0.05) is 23.3 Å². The third-order valence-corrected chi connectivity index (χ3v) is 3.45. The van der Waals surface area contributed by atoms with Gasteiger partial charge in [0.25, 0.3) is 0 Å². The number of nitrogens with zero attached hydrogens (tertiary/aromatic N) is 3. The second-order valence-electron chi connectivity index (χ2n) is 4.67. The summed E-state index contributed by atoms with van der Waals surface area (Å²) in [6.45, 7) is -0.0273. The summed E-state index contributed by atoms with van der Waals surface area (Å²) in [7, 11) is 0. The van der Waals surface area contributed by atoms with E-state index in [1.165, 1.54) is 18.3 Å². The highest BCUT2D eigenvalue weighted by atomic mass is 35.5. The Labute approximate surface area is 144 Å². The lowest BCUT2D eigenvalue weighted by Gasteiger charge is -2.08. The van der Waals surface area contributed by atoms with E-state index in [2.05, 4.69) is 10.3 Å². The van der Waals surface area contributed by atoms with Gasteiger partial charge in [0.2, 0.25) is 0 Å². The van der Waals surface area contributed by atoms with Crippen molar-refractivity contribution in [3.63, 3.8) is 0 Å². The van der Waals surface area contributed by atoms with Crippen LogP contribution in [0.1, 0.15) is 11.1 Å². The molecule has 0 aliphatic carbocycles. The molecule has 1 N–H and O–H groups in total. The average Bonchev–Trinajstić information content (AvgIpc) is 2.60. The van der Waals surface area contributed by atoms with Crippen molar-refractivity contribution in [1.29, 1.82) is 10.5 Å². The minimum Gasteiger partial charge on any atom is -0.370 e. The molecule has 0 saturated heterocycles. The molecule has 0 aromatic heterocycles. The molecule has 0 atom stereocenters. The average molecular weight is 339 g/mol. The van der Waals surface area contributed by atoms with Gasteiger partial charge in [0.05, 0.1) is 0 Å². The molecule has 0 amide bonds. The third kappa shape index (κ3) is 4.42. The molecule has 24 heavy (non-hydrogen) atoms. The molecule has 0 spiro atoms. The first-order valence-corrected chi connectivity index (χ1v) is 7.34. The first-order valence-electron chi connectivity index (χ1n) is 6.96. The Balaban J connectivity index is 2.21. The van der Waals surface area contributed by atoms with Crippen molar-refractivity contribution in [2.45, 2.75) is 6.54 Å². The maximum absolute atomic E-state index is 13.7. The molecular weight excluding hydrogens is 327 g/mol. The summed E-state index contributed by atoms with van der Waals surface area (Å²) < 4.78 is 13.7. The molecule has 2 rings (SSSR count). The van der Waals surface area contributed by atoms with Crippen molar-refractivity contribution >= 4 is 17.8 Å². The van der Waals surface area contributed by atoms with Gasteiger partial charge in [0.1, 0.15) is 18.0 Å². The first kappa shape index (κ1) is 17.2. The van der Waals surface area contributed by atoms with Gasteiger partial charge in [-0.3, -0.25) is 0 Å². The number of rotatable bonds is 5. The summed E-state index contributed by atoms with van der Waals surface area (Å²) in [5.74, 6) is -0.487. The molecule has 6 heteroatoms. The lowest BCUT2D eigenvalue weighted by Crippen LogP contribution is -2.14. The Kier molecular flexibility index (Phi) is 6.08. The van der Waals surface area contributed by atoms with Crippen LogP contribution in [0.4, 0.5) is 4.39 Å². The van der Waals surface area contributed by atoms with Crippen molar-refractivity contribution < 1.29 is 4.39 Å². The smallest absolute Gasteiger partial charge is 0.174 e. The molecular formula is C18H12ClFN4. The fourth-order valence-electron chi connectivity index (χ4n) is 1.88. The van der Waals surface area contributed by atoms with Gasteiger partial charge in [0.15, 0.2) is 11.4 Å². The highest BCUT2D eigenvalue weighted by Crippen LogP contribution is 2.19. The van der Waals surface area contributed by atoms with E-state index in [0.717, 1.165) is 5.56 Å². The fraction of sp³-hybridized carbons (Fsp3) is 0.0556. The number of allylic oxidation sites excluding steroid dienone is 2. The molecule has 0 unspecified atom stereocenters. The maximum atomic E-state index is 13.7. The summed E-state index contributed by atoms with van der Waals surface area (Å²) in [6, 6.07) is 17.2. The first-order chi connectivity index (χ1) is 11.7. The predicted octanol–water partition coefficient (Wildman–Crippen LogP) is 3.95. The van der Waals surface area contributed by atoms with E-state index in [1.807, 2.05) is 42.5 Å². The molecule has 2 aromatic carbocycles. The Morgan fingerprint density at radius 1 is 1.12 bits per heavy atom. The van der Waals surface area contributed by atoms with Gasteiger partial charge in [-0.25, -0.2) is 9.38 Å². The van der Waals surface area contributed by atoms with Crippen LogP contribution in [0.25, 0.3) is 0 Å². The zero-order chi connectivity index (χ0) is 17.4. The van der Waals surface area contributed by atoms with E-state index in [1.54, 1.807) is 6.07 Å². The van der Waals surface area contributed by atoms with Crippen LogP contribution < -0.4 is 5.32 Å². The Bertz CT molecular complexity index is 841. The third-order valence-electron chi connectivity index (χ3n) is 3.10. The van der Waals surface area contributed by atoms with Gasteiger partial charge in [-0.1, -0.05) is 48.0 Å². The van der Waals surface area contributed by atoms with Crippen molar-refractivity contribution in [3.05, 3.63) is 81.9 Å². The lowest BCUT2D eigenvalue weighted by atomic mass is 10.2. The summed E-state index contributed by atoms with van der Waals surface area (Å²) in [6.07, 6.45) is 1.48. The number of halogens is 2. The SMILES string of the molecule is N#CC(N=Cc1ccccc1)=C(C#N)NCc1c(F)cccc1Cl. The van der Waals surface area contributed by atoms with Crippen LogP contribution in [0.3, 0.4) is 0 Å². The number of benzene rings is 2. The van der Waals surface area contributed by atoms with Gasteiger partial charge in [-0.2, -0.15) is 10.5 Å². The van der Waals surface area contributed by atoms with Crippen LogP contribution in [0, 0.1) is 28.5 Å². The minimum absolute atomic E-state index is 0.0273. The van der Waals surface area contributed by atoms with Gasteiger partial charge in [-0.15, -0.1) is 0 Å². The minimum atomic E-state index is -0.487. The Hall–Kier alpha value is -3.15. The molecule has 0 saturated carbocycles. The van der Waals surface area contributed by atoms with Crippen LogP contribution >= 0.6 is 11.6 Å². The monoisotopic (exact) mass is 338 g/mol. The van der Waals surface area contributed by atoms with Crippen LogP contribution in [0.5, 0.6) is 0 Å². The topological polar surface area (TPSA) is 72.0 Å². The van der Waals surface area contributed by atoms with Crippen LogP contribution in [-0.4, -0.2) is 6.21 Å². The highest BCUT2D eigenvalue weighted by molar-refractivity contribution is 6.31. The van der Waals surface area contributed by atoms with Crippen LogP contribution in [-0.2, 0) is 6.54 Å². The number of nitrogens with one attached hydrogen (secondary N) is 1. The molecule has 0 fully saturated rings. The largest absolute Gasteiger partial charge is 0.370 e. The predicted molar refractivity (Wildman–Crippen MR) is 90.5 cm³/mol. The van der Waals surface area contributed by atoms with Gasteiger partial charge < -0.3 is 5.32 Å². The van der Waals surface area contributed by atoms with Crippen molar-refractivity contribution in [3.8, 4) is 12.1 Å². The molecule has 118 valence electrons. The van der Waals surface area contributed by atoms with Crippen LogP contribution in [0.15, 0.2) is 64.9 Å². The van der Waals surface area contributed by atoms with E-state index in [9.17, 15) is 14.9 Å². The molecule has 0 bridgehead atoms. The standard InChI is InChI=1S/C18H12ClFN4/c19-15-7-4-8-16(20)14(15)12-24-18(10-22)17(9-21)23-11-13-5-2-1-3-6-13/h1-8,11,24H,12H2. The molecule has 4 nitrogen and oxygen atoms in total. The number of hydrogen-bond acceptors (Lipinski definition) is 4. The van der Waals surface area contributed by atoms with Crippen LogP contribution in [0.2, 0.25) is 5.02 Å². The van der Waals surface area contributed by atoms with Gasteiger partial charge in [-0.05, 0) is 17.7 Å². The summed E-state index contributed by atoms with van der Waals surface area (Å²) in [5, 5.41) is 21.4. The lowest BCUT2D eigenvalue weighted by molar-refractivity contribution is 0.602. The zero-order valence-electron chi connectivity index (χ0n) is 12.5. The summed E-state index contributed by atoms with van der Waals surface area (Å²) in [5.41, 5.74) is 0.869. The van der Waals surface area contributed by atoms with E-state index >= 15 is 0 Å². The second-order valence-corrected chi connectivity index (χ2v) is 5.08. The van der Waals surface area contributed by atoms with Crippen molar-refractivity contribution in [2.75, 3.05) is 0 Å². The maximum Gasteiger partial charge on any atom is 0.174 e. The van der Waals surface area contributed by atoms with Crippen molar-refractivity contribution in [2.24, 2.45) is 4.99 Å². The Morgan fingerprint density at radius 3 is 2.50 bits per heavy atom. The van der Waals surface area contributed by atoms with E-state index in [4.69, 9.17) is 11.6 Å². The normalized spacial score (nSPS) is 11.5. The quantitative estimate of drug-likeness (QED) is 0.662. The Morgan fingerprint density at radius 2 is 1.88 bits per heavy atom. The number of hydrogen-bond donors (Lipinski definition) is 1. The zero-order valence-corrected chi connectivity index (χ0v) is 13.3. The number of nitriles is 2. The molecule has 0 heterocycles. The van der Waals surface area contributed by atoms with Gasteiger partial charge >= 0.3 is 0 Å². The fourth-order valence-corrected chi connectivity index (χ4v) is 2.11. The molecule has 2 aromatic rings. The van der Waals surface area contributed by atoms with Crippen molar-refractivity contribution in [1.82, 2.24) is 5.32 Å². The van der Waals surface area contributed by atoms with E-state index in [0.29, 0.717) is 0 Å². The van der Waals surface area contributed by atoms with E-state index in [-0.39, 0.29) is 28.5 Å². The highest BCUT2D eigenvalue weighted by Gasteiger charge is 2.09. The number of aliphatic imine (C=N–C) groups is 1. The second kappa shape index (κ2) is 8.47. The summed E-state index contributed by atoms with van der Waals surface area (Å²) in [4.78, 5) is 4.02. The summed E-state index contributed by atoms with van der Waals surface area (Å²) >= 11 is 5.94. The van der Waals surface area contributed by atoms with E-state index < -0.39 is 5.82 Å².